The zero-order valence-corrected chi connectivity index (χ0v) is 19.8. The maximum absolute atomic E-state index is 13.7. The molecule has 2 aromatic carbocycles. The number of benzene rings is 2. The summed E-state index contributed by atoms with van der Waals surface area (Å²) in [5, 5.41) is 16.7. The quantitative estimate of drug-likeness (QED) is 0.693. The summed E-state index contributed by atoms with van der Waals surface area (Å²) in [6, 6.07) is 11.8. The smallest absolute Gasteiger partial charge is 1.00 e. The van der Waals surface area contributed by atoms with Crippen molar-refractivity contribution >= 4 is 71.7 Å². The van der Waals surface area contributed by atoms with Crippen molar-refractivity contribution in [2.45, 2.75) is 25.2 Å². The first-order valence-electron chi connectivity index (χ1n) is 8.76. The van der Waals surface area contributed by atoms with E-state index >= 15 is 0 Å². The van der Waals surface area contributed by atoms with E-state index in [2.05, 4.69) is 0 Å². The number of fused-ring (bicyclic) bond motifs is 1. The molecule has 1 aliphatic carbocycles. The van der Waals surface area contributed by atoms with Gasteiger partial charge in [-0.2, -0.15) is 0 Å². The van der Waals surface area contributed by atoms with Gasteiger partial charge in [-0.05, 0) is 77.6 Å². The van der Waals surface area contributed by atoms with Crippen molar-refractivity contribution in [3.05, 3.63) is 70.5 Å². The summed E-state index contributed by atoms with van der Waals surface area (Å²) in [5.41, 5.74) is 4.74. The third kappa shape index (κ3) is 6.59. The normalized spacial score (nSPS) is 14.6. The Kier molecular flexibility index (Phi) is 10.4. The van der Waals surface area contributed by atoms with Crippen molar-refractivity contribution < 1.29 is 26.5 Å². The number of aliphatic hydroxyl groups is 1. The molecule has 0 aliphatic heterocycles. The van der Waals surface area contributed by atoms with Crippen molar-refractivity contribution in [2.75, 3.05) is 12.9 Å². The number of aliphatic hydroxyl groups excluding tert-OH is 1. The molecule has 0 saturated carbocycles. The van der Waals surface area contributed by atoms with Crippen molar-refractivity contribution in [3.8, 4) is 0 Å². The van der Waals surface area contributed by atoms with E-state index in [4.69, 9.17) is 10.2 Å². The molecule has 2 aromatic rings. The molecule has 1 atom stereocenters. The topological polar surface area (TPSA) is 74.6 Å². The first kappa shape index (κ1) is 25.7. The molecule has 4 nitrogen and oxygen atoms in total. The largest absolute Gasteiger partial charge is 2.00 e. The minimum Gasteiger partial charge on any atom is -1.00 e. The molecule has 0 heterocycles. The molecule has 7 heteroatoms. The first-order valence-corrected chi connectivity index (χ1v) is 10.3. The maximum atomic E-state index is 13.7. The van der Waals surface area contributed by atoms with Crippen LogP contribution in [0.3, 0.4) is 0 Å². The van der Waals surface area contributed by atoms with Gasteiger partial charge in [-0.1, -0.05) is 18.2 Å². The monoisotopic (exact) mass is 444 g/mol. The first-order chi connectivity index (χ1) is 13.3. The Hall–Kier alpha value is -1.31. The number of carbonyl (C=O) groups is 1. The van der Waals surface area contributed by atoms with E-state index < -0.39 is 16.8 Å². The van der Waals surface area contributed by atoms with Gasteiger partial charge in [0.2, 0.25) is 0 Å². The van der Waals surface area contributed by atoms with Gasteiger partial charge in [0, 0.05) is 28.6 Å². The van der Waals surface area contributed by atoms with Crippen LogP contribution >= 0.6 is 0 Å². The SMILES string of the molecule is CC1=C(CC(=O)O)c2cc(F)ccc2C1=Cc1ccc([S@](C)=O)cc1.CCO.[Ca+2].[H-].[H-]. The van der Waals surface area contributed by atoms with Crippen molar-refractivity contribution in [1.82, 2.24) is 0 Å². The van der Waals surface area contributed by atoms with E-state index in [1.807, 2.05) is 25.1 Å². The Bertz CT molecular complexity index is 976. The Morgan fingerprint density at radius 3 is 2.28 bits per heavy atom. The van der Waals surface area contributed by atoms with Crippen LogP contribution in [0.5, 0.6) is 0 Å². The standard InChI is InChI=1S/C20H17FO3S.C2H6O.Ca.2H/c1-12-17(9-13-3-6-15(7-4-13)25(2)24)16-8-5-14(21)10-19(16)18(12)11-20(22)23;1-2-3;;;/h3-10H,11H2,1-2H3,(H,22,23);3H,2H2,1H3;;;/q;;+2;2*-1/t25-;;;;/m0..../s1. The van der Waals surface area contributed by atoms with Crippen molar-refractivity contribution in [1.29, 1.82) is 0 Å². The summed E-state index contributed by atoms with van der Waals surface area (Å²) < 4.78 is 25.1. The molecule has 0 unspecified atom stereocenters. The van der Waals surface area contributed by atoms with E-state index in [9.17, 15) is 13.4 Å². The van der Waals surface area contributed by atoms with Gasteiger partial charge >= 0.3 is 43.7 Å². The Morgan fingerprint density at radius 1 is 1.17 bits per heavy atom. The summed E-state index contributed by atoms with van der Waals surface area (Å²) in [6.07, 6.45) is 3.43. The number of carboxylic acid groups (broad SMARTS) is 1. The van der Waals surface area contributed by atoms with Gasteiger partial charge in [0.1, 0.15) is 5.82 Å². The molecule has 0 fully saturated rings. The van der Waals surface area contributed by atoms with Crippen LogP contribution in [0.15, 0.2) is 52.9 Å². The minimum absolute atomic E-state index is 0. The predicted molar refractivity (Wildman–Crippen MR) is 119 cm³/mol. The fourth-order valence-electron chi connectivity index (χ4n) is 3.05. The number of hydrogen-bond acceptors (Lipinski definition) is 3. The zero-order valence-electron chi connectivity index (χ0n) is 18.7. The van der Waals surface area contributed by atoms with E-state index in [1.54, 1.807) is 31.4 Å². The maximum Gasteiger partial charge on any atom is 2.00 e. The van der Waals surface area contributed by atoms with Crippen LogP contribution in [0.25, 0.3) is 17.2 Å². The van der Waals surface area contributed by atoms with E-state index in [0.717, 1.165) is 27.2 Å². The summed E-state index contributed by atoms with van der Waals surface area (Å²) in [6.45, 7) is 3.79. The van der Waals surface area contributed by atoms with Crippen LogP contribution in [-0.2, 0) is 15.6 Å². The molecular formula is C22H25CaFO4S. The van der Waals surface area contributed by atoms with E-state index in [0.29, 0.717) is 11.1 Å². The number of rotatable bonds is 4. The van der Waals surface area contributed by atoms with Crippen LogP contribution in [0.1, 0.15) is 39.8 Å². The third-order valence-corrected chi connectivity index (χ3v) is 5.24. The molecular weight excluding hydrogens is 419 g/mol. The Labute approximate surface area is 205 Å². The van der Waals surface area contributed by atoms with Gasteiger partial charge in [-0.3, -0.25) is 9.00 Å². The molecule has 2 N–H and O–H groups in total. The number of allylic oxidation sites excluding steroid dienone is 2. The van der Waals surface area contributed by atoms with Crippen LogP contribution < -0.4 is 0 Å². The second-order valence-electron chi connectivity index (χ2n) is 6.26. The fraction of sp³-hybridized carbons (Fsp3) is 0.227. The summed E-state index contributed by atoms with van der Waals surface area (Å²) >= 11 is 0. The van der Waals surface area contributed by atoms with E-state index in [-0.39, 0.29) is 59.4 Å². The average Bonchev–Trinajstić information content (AvgIpc) is 2.87. The second-order valence-corrected chi connectivity index (χ2v) is 7.64. The third-order valence-electron chi connectivity index (χ3n) is 4.30. The zero-order chi connectivity index (χ0) is 20.8. The minimum atomic E-state index is -1.04. The number of aliphatic carboxylic acids is 1. The number of halogens is 1. The molecule has 0 saturated heterocycles. The summed E-state index contributed by atoms with van der Waals surface area (Å²) in [5.74, 6) is -1.33. The fourth-order valence-corrected chi connectivity index (χ4v) is 3.57. The average molecular weight is 445 g/mol. The molecule has 29 heavy (non-hydrogen) atoms. The summed E-state index contributed by atoms with van der Waals surface area (Å²) in [4.78, 5) is 11.9. The molecule has 0 spiro atoms. The predicted octanol–water partition coefficient (Wildman–Crippen LogP) is 4.21. The van der Waals surface area contributed by atoms with Crippen LogP contribution in [0, 0.1) is 5.82 Å². The van der Waals surface area contributed by atoms with Crippen LogP contribution in [0.4, 0.5) is 4.39 Å². The van der Waals surface area contributed by atoms with Gasteiger partial charge in [-0.25, -0.2) is 4.39 Å². The van der Waals surface area contributed by atoms with Crippen LogP contribution in [0.2, 0.25) is 0 Å². The Morgan fingerprint density at radius 2 is 1.76 bits per heavy atom. The molecule has 0 bridgehead atoms. The van der Waals surface area contributed by atoms with Crippen molar-refractivity contribution in [2.24, 2.45) is 0 Å². The van der Waals surface area contributed by atoms with Crippen LogP contribution in [-0.4, -0.2) is 71.0 Å². The molecule has 152 valence electrons. The number of hydrogen-bond donors (Lipinski definition) is 2. The molecule has 3 rings (SSSR count). The van der Waals surface area contributed by atoms with E-state index in [1.165, 1.54) is 12.1 Å². The van der Waals surface area contributed by atoms with Gasteiger partial charge in [0.25, 0.3) is 0 Å². The van der Waals surface area contributed by atoms with Gasteiger partial charge in [0.15, 0.2) is 0 Å². The Balaban J connectivity index is 0. The van der Waals surface area contributed by atoms with Gasteiger partial charge in [-0.15, -0.1) is 0 Å². The van der Waals surface area contributed by atoms with Gasteiger partial charge < -0.3 is 13.1 Å². The molecule has 0 radical (unpaired) electrons. The summed E-state index contributed by atoms with van der Waals surface area (Å²) in [7, 11) is -1.04. The number of carboxylic acids is 1. The molecule has 0 aromatic heterocycles. The van der Waals surface area contributed by atoms with Gasteiger partial charge in [0.05, 0.1) is 6.42 Å². The molecule has 1 aliphatic rings. The van der Waals surface area contributed by atoms with Crippen molar-refractivity contribution in [3.63, 3.8) is 0 Å². The molecule has 0 amide bonds. The second kappa shape index (κ2) is 11.8.